The molecule has 0 aromatic heterocycles. The van der Waals surface area contributed by atoms with Crippen LogP contribution in [0, 0.1) is 19.3 Å². The van der Waals surface area contributed by atoms with Crippen LogP contribution in [0.15, 0.2) is 29.2 Å². The predicted octanol–water partition coefficient (Wildman–Crippen LogP) is 3.11. The highest BCUT2D eigenvalue weighted by atomic mass is 32.2. The van der Waals surface area contributed by atoms with E-state index in [4.69, 9.17) is 6.42 Å². The van der Waals surface area contributed by atoms with Crippen LogP contribution in [0.25, 0.3) is 0 Å². The fourth-order valence-electron chi connectivity index (χ4n) is 0.933. The number of hydrogen-bond acceptors (Lipinski definition) is 1. The normalized spacial score (nSPS) is 9.33. The average Bonchev–Trinajstić information content (AvgIpc) is 2.05. The molecule has 0 heterocycles. The number of terminal acetylenes is 1. The maximum atomic E-state index is 5.16. The number of benzene rings is 1. The second-order valence-electron chi connectivity index (χ2n) is 2.62. The zero-order chi connectivity index (χ0) is 8.81. The Morgan fingerprint density at radius 2 is 2.33 bits per heavy atom. The van der Waals surface area contributed by atoms with Crippen molar-refractivity contribution in [1.82, 2.24) is 0 Å². The molecule has 0 aliphatic carbocycles. The molecule has 1 aromatic rings. The van der Waals surface area contributed by atoms with Gasteiger partial charge >= 0.3 is 0 Å². The van der Waals surface area contributed by atoms with Crippen molar-refractivity contribution in [1.29, 1.82) is 0 Å². The molecule has 0 saturated heterocycles. The van der Waals surface area contributed by atoms with Gasteiger partial charge in [-0.15, -0.1) is 24.1 Å². The Labute approximate surface area is 78.4 Å². The van der Waals surface area contributed by atoms with E-state index in [2.05, 4.69) is 37.1 Å². The molecule has 0 bridgehead atoms. The highest BCUT2D eigenvalue weighted by Gasteiger charge is 1.92. The van der Waals surface area contributed by atoms with E-state index >= 15 is 0 Å². The minimum absolute atomic E-state index is 0.846. The van der Waals surface area contributed by atoms with Gasteiger partial charge in [-0.1, -0.05) is 17.7 Å². The smallest absolute Gasteiger partial charge is 0.0180 e. The van der Waals surface area contributed by atoms with Crippen molar-refractivity contribution in [3.63, 3.8) is 0 Å². The first-order valence-corrected chi connectivity index (χ1v) is 4.94. The largest absolute Gasteiger partial charge is 0.125 e. The van der Waals surface area contributed by atoms with Crippen LogP contribution in [0.5, 0.6) is 0 Å². The third-order valence-electron chi connectivity index (χ3n) is 1.50. The standard InChI is InChI=1S/C11H12S/c1-3-4-8-12-11-7-5-6-10(2)9-11/h1,5-7,9H,4,8H2,2H3. The first-order chi connectivity index (χ1) is 5.83. The Balaban J connectivity index is 2.48. The van der Waals surface area contributed by atoms with Crippen LogP contribution in [0.1, 0.15) is 12.0 Å². The summed E-state index contributed by atoms with van der Waals surface area (Å²) in [5, 5.41) is 0. The first-order valence-electron chi connectivity index (χ1n) is 3.96. The minimum atomic E-state index is 0.846. The van der Waals surface area contributed by atoms with Crippen LogP contribution in [-0.2, 0) is 0 Å². The van der Waals surface area contributed by atoms with Gasteiger partial charge in [0.05, 0.1) is 0 Å². The molecule has 0 aliphatic rings. The summed E-state index contributed by atoms with van der Waals surface area (Å²) in [4.78, 5) is 1.31. The van der Waals surface area contributed by atoms with Gasteiger partial charge in [0.1, 0.15) is 0 Å². The zero-order valence-corrected chi connectivity index (χ0v) is 8.03. The molecule has 0 aliphatic heterocycles. The van der Waals surface area contributed by atoms with Crippen molar-refractivity contribution in [3.8, 4) is 12.3 Å². The van der Waals surface area contributed by atoms with E-state index in [1.165, 1.54) is 10.5 Å². The molecule has 12 heavy (non-hydrogen) atoms. The van der Waals surface area contributed by atoms with E-state index in [0.717, 1.165) is 12.2 Å². The van der Waals surface area contributed by atoms with Gasteiger partial charge in [0, 0.05) is 17.1 Å². The van der Waals surface area contributed by atoms with E-state index in [9.17, 15) is 0 Å². The van der Waals surface area contributed by atoms with Crippen molar-refractivity contribution in [2.75, 3.05) is 5.75 Å². The zero-order valence-electron chi connectivity index (χ0n) is 7.21. The number of aryl methyl sites for hydroxylation is 1. The summed E-state index contributed by atoms with van der Waals surface area (Å²) >= 11 is 1.82. The molecule has 1 rings (SSSR count). The van der Waals surface area contributed by atoms with E-state index in [0.29, 0.717) is 0 Å². The molecule has 0 spiro atoms. The Bertz CT molecular complexity index is 283. The Morgan fingerprint density at radius 1 is 1.50 bits per heavy atom. The fourth-order valence-corrected chi connectivity index (χ4v) is 1.83. The van der Waals surface area contributed by atoms with E-state index in [1.54, 1.807) is 0 Å². The van der Waals surface area contributed by atoms with Gasteiger partial charge < -0.3 is 0 Å². The number of hydrogen-bond donors (Lipinski definition) is 0. The summed E-state index contributed by atoms with van der Waals surface area (Å²) in [7, 11) is 0. The van der Waals surface area contributed by atoms with Crippen LogP contribution < -0.4 is 0 Å². The Hall–Kier alpha value is -0.870. The summed E-state index contributed by atoms with van der Waals surface area (Å²) in [5.74, 6) is 3.65. The van der Waals surface area contributed by atoms with Crippen LogP contribution in [-0.4, -0.2) is 5.75 Å². The summed E-state index contributed by atoms with van der Waals surface area (Å²) in [6, 6.07) is 8.48. The molecule has 0 radical (unpaired) electrons. The number of rotatable bonds is 3. The summed E-state index contributed by atoms with van der Waals surface area (Å²) in [6.45, 7) is 2.10. The first kappa shape index (κ1) is 9.22. The highest BCUT2D eigenvalue weighted by Crippen LogP contribution is 2.19. The SMILES string of the molecule is C#CCCSc1cccc(C)c1. The molecule has 0 fully saturated rings. The topological polar surface area (TPSA) is 0 Å². The van der Waals surface area contributed by atoms with Gasteiger partial charge in [-0.25, -0.2) is 0 Å². The molecule has 0 amide bonds. The van der Waals surface area contributed by atoms with Gasteiger partial charge in [-0.3, -0.25) is 0 Å². The molecular formula is C11H12S. The third-order valence-corrected chi connectivity index (χ3v) is 2.50. The minimum Gasteiger partial charge on any atom is -0.125 e. The third kappa shape index (κ3) is 3.02. The fraction of sp³-hybridized carbons (Fsp3) is 0.273. The lowest BCUT2D eigenvalue weighted by atomic mass is 10.2. The van der Waals surface area contributed by atoms with Crippen LogP contribution >= 0.6 is 11.8 Å². The lowest BCUT2D eigenvalue weighted by Crippen LogP contribution is -1.78. The molecule has 0 N–H and O–H groups in total. The second-order valence-corrected chi connectivity index (χ2v) is 3.79. The maximum absolute atomic E-state index is 5.16. The number of thioether (sulfide) groups is 1. The van der Waals surface area contributed by atoms with Gasteiger partial charge in [-0.05, 0) is 19.1 Å². The van der Waals surface area contributed by atoms with Crippen LogP contribution in [0.3, 0.4) is 0 Å². The molecule has 1 heteroatoms. The van der Waals surface area contributed by atoms with E-state index in [-0.39, 0.29) is 0 Å². The van der Waals surface area contributed by atoms with Gasteiger partial charge in [0.15, 0.2) is 0 Å². The Morgan fingerprint density at radius 3 is 3.00 bits per heavy atom. The van der Waals surface area contributed by atoms with E-state index in [1.807, 2.05) is 11.8 Å². The molecule has 0 atom stereocenters. The van der Waals surface area contributed by atoms with Crippen molar-refractivity contribution in [2.45, 2.75) is 18.2 Å². The maximum Gasteiger partial charge on any atom is 0.0180 e. The molecule has 0 saturated carbocycles. The van der Waals surface area contributed by atoms with Crippen molar-refractivity contribution in [3.05, 3.63) is 29.8 Å². The molecule has 62 valence electrons. The Kier molecular flexibility index (Phi) is 3.76. The van der Waals surface area contributed by atoms with Gasteiger partial charge in [0.2, 0.25) is 0 Å². The van der Waals surface area contributed by atoms with Crippen LogP contribution in [0.4, 0.5) is 0 Å². The van der Waals surface area contributed by atoms with Crippen molar-refractivity contribution >= 4 is 11.8 Å². The molecule has 1 aromatic carbocycles. The van der Waals surface area contributed by atoms with Crippen LogP contribution in [0.2, 0.25) is 0 Å². The monoisotopic (exact) mass is 176 g/mol. The summed E-state index contributed by atoms with van der Waals surface area (Å²) in [6.07, 6.45) is 6.01. The average molecular weight is 176 g/mol. The molecule has 0 unspecified atom stereocenters. The van der Waals surface area contributed by atoms with Crippen molar-refractivity contribution in [2.24, 2.45) is 0 Å². The molecule has 0 nitrogen and oxygen atoms in total. The second kappa shape index (κ2) is 4.90. The predicted molar refractivity (Wildman–Crippen MR) is 55.4 cm³/mol. The van der Waals surface area contributed by atoms with Gasteiger partial charge in [0.25, 0.3) is 0 Å². The summed E-state index contributed by atoms with van der Waals surface area (Å²) < 4.78 is 0. The lowest BCUT2D eigenvalue weighted by molar-refractivity contribution is 1.28. The highest BCUT2D eigenvalue weighted by molar-refractivity contribution is 7.99. The summed E-state index contributed by atoms with van der Waals surface area (Å²) in [5.41, 5.74) is 1.31. The van der Waals surface area contributed by atoms with Crippen molar-refractivity contribution < 1.29 is 0 Å². The quantitative estimate of drug-likeness (QED) is 0.387. The lowest BCUT2D eigenvalue weighted by Gasteiger charge is -1.99. The molecular weight excluding hydrogens is 164 g/mol. The van der Waals surface area contributed by atoms with E-state index < -0.39 is 0 Å². The van der Waals surface area contributed by atoms with Gasteiger partial charge in [-0.2, -0.15) is 0 Å².